The van der Waals surface area contributed by atoms with Gasteiger partial charge >= 0.3 is 0 Å². The van der Waals surface area contributed by atoms with E-state index in [1.54, 1.807) is 12.4 Å². The number of aromatic nitrogens is 1. The molecule has 0 bridgehead atoms. The van der Waals surface area contributed by atoms with Crippen molar-refractivity contribution in [2.75, 3.05) is 5.88 Å². The predicted octanol–water partition coefficient (Wildman–Crippen LogP) is 4.26. The Bertz CT molecular complexity index is 670. The molecule has 0 aliphatic rings. The Balaban J connectivity index is 2.05. The molecule has 2 rings (SSSR count). The number of pyridine rings is 1. The van der Waals surface area contributed by atoms with Crippen LogP contribution >= 0.6 is 11.6 Å². The SMILES string of the molecule is Cc1ccc(C)c(COc2cncc(C#CCCCl)c2)c1. The highest BCUT2D eigenvalue weighted by atomic mass is 35.5. The van der Waals surface area contributed by atoms with Crippen molar-refractivity contribution in [3.63, 3.8) is 0 Å². The Hall–Kier alpha value is -1.98. The van der Waals surface area contributed by atoms with E-state index in [-0.39, 0.29) is 0 Å². The number of rotatable bonds is 4. The quantitative estimate of drug-likeness (QED) is 0.622. The van der Waals surface area contributed by atoms with Crippen molar-refractivity contribution >= 4 is 11.6 Å². The molecule has 2 aromatic rings. The van der Waals surface area contributed by atoms with Gasteiger partial charge in [0, 0.05) is 24.1 Å². The Morgan fingerprint density at radius 1 is 1.19 bits per heavy atom. The third-order valence-corrected chi connectivity index (χ3v) is 3.25. The summed E-state index contributed by atoms with van der Waals surface area (Å²) < 4.78 is 5.82. The van der Waals surface area contributed by atoms with Gasteiger partial charge in [0.15, 0.2) is 0 Å². The molecule has 0 N–H and O–H groups in total. The summed E-state index contributed by atoms with van der Waals surface area (Å²) >= 11 is 5.60. The zero-order valence-electron chi connectivity index (χ0n) is 12.3. The van der Waals surface area contributed by atoms with E-state index >= 15 is 0 Å². The molecule has 0 atom stereocenters. The van der Waals surface area contributed by atoms with Gasteiger partial charge in [-0.15, -0.1) is 11.6 Å². The second kappa shape index (κ2) is 7.71. The van der Waals surface area contributed by atoms with Crippen LogP contribution in [0, 0.1) is 25.7 Å². The normalized spacial score (nSPS) is 9.86. The lowest BCUT2D eigenvalue weighted by Crippen LogP contribution is -1.99. The fourth-order valence-electron chi connectivity index (χ4n) is 1.89. The van der Waals surface area contributed by atoms with Crippen LogP contribution in [0.3, 0.4) is 0 Å². The Labute approximate surface area is 131 Å². The van der Waals surface area contributed by atoms with Crippen molar-refractivity contribution in [3.8, 4) is 17.6 Å². The van der Waals surface area contributed by atoms with E-state index in [9.17, 15) is 0 Å². The molecule has 0 saturated carbocycles. The van der Waals surface area contributed by atoms with E-state index in [1.807, 2.05) is 6.07 Å². The molecule has 0 radical (unpaired) electrons. The highest BCUT2D eigenvalue weighted by molar-refractivity contribution is 6.18. The van der Waals surface area contributed by atoms with E-state index in [0.717, 1.165) is 11.3 Å². The molecule has 1 aromatic heterocycles. The van der Waals surface area contributed by atoms with Crippen LogP contribution < -0.4 is 4.74 Å². The fourth-order valence-corrected chi connectivity index (χ4v) is 1.99. The number of halogens is 1. The molecule has 0 amide bonds. The summed E-state index contributed by atoms with van der Waals surface area (Å²) in [5.41, 5.74) is 4.50. The molecule has 1 heterocycles. The van der Waals surface area contributed by atoms with E-state index in [2.05, 4.69) is 48.9 Å². The minimum absolute atomic E-state index is 0.535. The molecule has 0 aliphatic heterocycles. The maximum absolute atomic E-state index is 5.82. The van der Waals surface area contributed by atoms with Crippen molar-refractivity contribution in [2.24, 2.45) is 0 Å². The summed E-state index contributed by atoms with van der Waals surface area (Å²) in [6.45, 7) is 4.70. The molecule has 0 saturated heterocycles. The van der Waals surface area contributed by atoms with Crippen LogP contribution in [0.5, 0.6) is 5.75 Å². The Morgan fingerprint density at radius 2 is 2.05 bits per heavy atom. The molecule has 0 spiro atoms. The summed E-state index contributed by atoms with van der Waals surface area (Å²) in [6, 6.07) is 8.26. The standard InChI is InChI=1S/C18H18ClNO/c1-14-6-7-15(2)17(9-14)13-21-18-10-16(11-20-12-18)5-3-4-8-19/h6-7,9-12H,4,8,13H2,1-2H3. The third-order valence-electron chi connectivity index (χ3n) is 3.06. The first-order valence-corrected chi connectivity index (χ1v) is 7.41. The first-order valence-electron chi connectivity index (χ1n) is 6.88. The second-order valence-corrected chi connectivity index (χ2v) is 5.25. The van der Waals surface area contributed by atoms with E-state index in [1.165, 1.54) is 16.7 Å². The topological polar surface area (TPSA) is 22.1 Å². The molecule has 21 heavy (non-hydrogen) atoms. The van der Waals surface area contributed by atoms with E-state index in [4.69, 9.17) is 16.3 Å². The largest absolute Gasteiger partial charge is 0.487 e. The van der Waals surface area contributed by atoms with Crippen molar-refractivity contribution in [2.45, 2.75) is 26.9 Å². The Morgan fingerprint density at radius 3 is 2.86 bits per heavy atom. The number of hydrogen-bond acceptors (Lipinski definition) is 2. The minimum atomic E-state index is 0.535. The number of benzene rings is 1. The van der Waals surface area contributed by atoms with Crippen molar-refractivity contribution in [1.82, 2.24) is 4.98 Å². The highest BCUT2D eigenvalue weighted by Crippen LogP contribution is 2.16. The minimum Gasteiger partial charge on any atom is -0.487 e. The van der Waals surface area contributed by atoms with Crippen LogP contribution in [-0.2, 0) is 6.61 Å². The van der Waals surface area contributed by atoms with Crippen LogP contribution in [0.25, 0.3) is 0 Å². The average Bonchev–Trinajstić information content (AvgIpc) is 2.49. The molecule has 1 aromatic carbocycles. The first kappa shape index (κ1) is 15.4. The van der Waals surface area contributed by atoms with Gasteiger partial charge in [-0.2, -0.15) is 0 Å². The predicted molar refractivity (Wildman–Crippen MR) is 86.7 cm³/mol. The van der Waals surface area contributed by atoms with E-state index in [0.29, 0.717) is 18.9 Å². The molecule has 0 unspecified atom stereocenters. The monoisotopic (exact) mass is 299 g/mol. The van der Waals surface area contributed by atoms with Crippen molar-refractivity contribution < 1.29 is 4.74 Å². The van der Waals surface area contributed by atoms with Crippen molar-refractivity contribution in [3.05, 3.63) is 58.9 Å². The molecule has 3 heteroatoms. The molecule has 0 aliphatic carbocycles. The van der Waals surface area contributed by atoms with Crippen LogP contribution in [0.15, 0.2) is 36.7 Å². The second-order valence-electron chi connectivity index (χ2n) is 4.87. The van der Waals surface area contributed by atoms with Gasteiger partial charge < -0.3 is 4.74 Å². The van der Waals surface area contributed by atoms with Gasteiger partial charge in [0.2, 0.25) is 0 Å². The number of aryl methyl sites for hydroxylation is 2. The zero-order valence-corrected chi connectivity index (χ0v) is 13.1. The maximum atomic E-state index is 5.82. The van der Waals surface area contributed by atoms with Gasteiger partial charge in [0.25, 0.3) is 0 Å². The Kier molecular flexibility index (Phi) is 5.66. The summed E-state index contributed by atoms with van der Waals surface area (Å²) in [4.78, 5) is 4.16. The highest BCUT2D eigenvalue weighted by Gasteiger charge is 2.01. The first-order chi connectivity index (χ1) is 10.2. The molecular weight excluding hydrogens is 282 g/mol. The molecular formula is C18H18ClNO. The molecule has 108 valence electrons. The van der Waals surface area contributed by atoms with Crippen LogP contribution in [0.2, 0.25) is 0 Å². The lowest BCUT2D eigenvalue weighted by Gasteiger charge is -2.09. The maximum Gasteiger partial charge on any atom is 0.139 e. The van der Waals surface area contributed by atoms with Gasteiger partial charge in [-0.05, 0) is 31.0 Å². The molecule has 2 nitrogen and oxygen atoms in total. The number of ether oxygens (including phenoxy) is 1. The zero-order chi connectivity index (χ0) is 15.1. The van der Waals surface area contributed by atoms with Crippen LogP contribution in [0.1, 0.15) is 28.7 Å². The van der Waals surface area contributed by atoms with Gasteiger partial charge in [0.05, 0.1) is 6.20 Å². The summed E-state index contributed by atoms with van der Waals surface area (Å²) in [5, 5.41) is 0. The fraction of sp³-hybridized carbons (Fsp3) is 0.278. The lowest BCUT2D eigenvalue weighted by molar-refractivity contribution is 0.304. The van der Waals surface area contributed by atoms with Crippen LogP contribution in [0.4, 0.5) is 0 Å². The summed E-state index contributed by atoms with van der Waals surface area (Å²) in [6.07, 6.45) is 4.11. The summed E-state index contributed by atoms with van der Waals surface area (Å²) in [5.74, 6) is 7.29. The van der Waals surface area contributed by atoms with Gasteiger partial charge in [-0.1, -0.05) is 35.6 Å². The number of hydrogen-bond donors (Lipinski definition) is 0. The van der Waals surface area contributed by atoms with Crippen molar-refractivity contribution in [1.29, 1.82) is 0 Å². The third kappa shape index (κ3) is 4.81. The van der Waals surface area contributed by atoms with Crippen LogP contribution in [-0.4, -0.2) is 10.9 Å². The number of nitrogens with zero attached hydrogens (tertiary/aromatic N) is 1. The van der Waals surface area contributed by atoms with E-state index < -0.39 is 0 Å². The van der Waals surface area contributed by atoms with Gasteiger partial charge in [-0.25, -0.2) is 0 Å². The number of alkyl halides is 1. The summed E-state index contributed by atoms with van der Waals surface area (Å²) in [7, 11) is 0. The molecule has 0 fully saturated rings. The average molecular weight is 300 g/mol. The van der Waals surface area contributed by atoms with Gasteiger partial charge in [0.1, 0.15) is 12.4 Å². The smallest absolute Gasteiger partial charge is 0.139 e. The lowest BCUT2D eigenvalue weighted by atomic mass is 10.1. The van der Waals surface area contributed by atoms with Gasteiger partial charge in [-0.3, -0.25) is 4.98 Å².